The summed E-state index contributed by atoms with van der Waals surface area (Å²) in [5, 5.41) is 33.8. The second kappa shape index (κ2) is 27.9. The fraction of sp³-hybridized carbons (Fsp3) is 0.588. The Hall–Kier alpha value is -4.92. The fourth-order valence-corrected chi connectivity index (χ4v) is 10.0. The molecule has 6 rings (SSSR count). The average molecular weight is 1030 g/mol. The molecule has 2 aliphatic rings. The molecule has 0 amide bonds. The Balaban J connectivity index is 0.000000446. The van der Waals surface area contributed by atoms with E-state index in [1.165, 1.54) is 51.4 Å². The van der Waals surface area contributed by atoms with Crippen LogP contribution in [-0.2, 0) is 23.4 Å². The molecule has 2 aromatic carbocycles. The minimum Gasteiger partial charge on any atom is -0.413 e. The summed E-state index contributed by atoms with van der Waals surface area (Å²) in [6, 6.07) is 14.7. The molecule has 0 saturated carbocycles. The zero-order chi connectivity index (χ0) is 52.3. The van der Waals surface area contributed by atoms with E-state index in [4.69, 9.17) is 23.6 Å². The first-order chi connectivity index (χ1) is 34.4. The van der Waals surface area contributed by atoms with Gasteiger partial charge in [0.15, 0.2) is 23.8 Å². The third kappa shape index (κ3) is 16.3. The highest BCUT2D eigenvalue weighted by Crippen LogP contribution is 2.48. The van der Waals surface area contributed by atoms with E-state index in [9.17, 15) is 43.1 Å². The number of aliphatic hydroxyl groups is 3. The molecule has 72 heavy (non-hydrogen) atoms. The number of unbranched alkanes of at least 4 members (excludes halogenated alkanes) is 11. The fourth-order valence-electron chi connectivity index (χ4n) is 8.64. The number of Topliss-reactive ketones (excluding diaryl/α,β-unsaturated/α-hetero) is 1. The molecule has 398 valence electrons. The van der Waals surface area contributed by atoms with Crippen LogP contribution in [0.3, 0.4) is 0 Å². The lowest BCUT2D eigenvalue weighted by Crippen LogP contribution is -2.43. The van der Waals surface area contributed by atoms with Gasteiger partial charge in [0.05, 0.1) is 13.2 Å². The number of aromatic amines is 2. The molecule has 2 aliphatic heterocycles. The van der Waals surface area contributed by atoms with Crippen LogP contribution in [0.15, 0.2) is 98.3 Å². The molecular weight excluding hydrogens is 960 g/mol. The Morgan fingerprint density at radius 2 is 1.25 bits per heavy atom. The van der Waals surface area contributed by atoms with Gasteiger partial charge in [-0.2, -0.15) is 0 Å². The number of carbonyl (C=O) groups is 1. The van der Waals surface area contributed by atoms with Crippen LogP contribution >= 0.6 is 7.75 Å². The van der Waals surface area contributed by atoms with Gasteiger partial charge in [0.25, 0.3) is 11.1 Å². The number of hydrogen-bond donors (Lipinski definition) is 6. The lowest BCUT2D eigenvalue weighted by Gasteiger charge is -2.25. The number of benzene rings is 2. The molecule has 0 spiro atoms. The van der Waals surface area contributed by atoms with Crippen molar-refractivity contribution in [1.29, 1.82) is 0 Å². The molecule has 21 heteroatoms. The summed E-state index contributed by atoms with van der Waals surface area (Å²) in [5.41, 5.74) is -7.76. The summed E-state index contributed by atoms with van der Waals surface area (Å²) in [4.78, 5) is 63.0. The van der Waals surface area contributed by atoms with Crippen molar-refractivity contribution in [2.75, 3.05) is 19.8 Å². The molecule has 2 fully saturated rings. The van der Waals surface area contributed by atoms with E-state index in [-0.39, 0.29) is 18.1 Å². The Kier molecular flexibility index (Phi) is 22.5. The van der Waals surface area contributed by atoms with Crippen LogP contribution in [0, 0.1) is 0 Å². The number of H-pyrrole nitrogens is 2. The first kappa shape index (κ1) is 58.0. The number of aliphatic hydroxyl groups excluding tert-OH is 3. The van der Waals surface area contributed by atoms with Gasteiger partial charge < -0.3 is 29.3 Å². The van der Waals surface area contributed by atoms with Crippen molar-refractivity contribution in [2.45, 2.75) is 172 Å². The van der Waals surface area contributed by atoms with Gasteiger partial charge in [0.2, 0.25) is 0 Å². The number of rotatable bonds is 28. The SMILES string of the molecule is CCCCCCCC/C=C\CCCCCCCC(=O)CCCNP(=O)(OC[C@H]1O[C@@H](n2ccc(=O)[nH]c2=O)[C@](C)(F)[C@@H]1O)Oc1cccc2ccccc12.C[C@@]1(F)[C@H](O)[C@@H](CO)O[C@H]1n1ccc(=O)[nH]c1=O. The number of fused-ring (bicyclic) bond motifs is 1. The molecule has 4 heterocycles. The van der Waals surface area contributed by atoms with Crippen molar-refractivity contribution in [3.05, 3.63) is 121 Å². The number of aromatic nitrogens is 4. The van der Waals surface area contributed by atoms with Gasteiger partial charge in [-0.25, -0.2) is 28.0 Å². The summed E-state index contributed by atoms with van der Waals surface area (Å²) in [6.07, 6.45) is 14.7. The quantitative estimate of drug-likeness (QED) is 0.0185. The number of carbonyl (C=O) groups excluding carboxylic acids is 1. The number of nitrogens with zero attached hydrogens (tertiary/aromatic N) is 2. The minimum atomic E-state index is -4.18. The number of allylic oxidation sites excluding steroid dienone is 2. The third-order valence-electron chi connectivity index (χ3n) is 12.9. The third-order valence-corrected chi connectivity index (χ3v) is 14.4. The maximum atomic E-state index is 15.8. The monoisotopic (exact) mass is 1030 g/mol. The van der Waals surface area contributed by atoms with E-state index >= 15 is 4.39 Å². The van der Waals surface area contributed by atoms with Crippen LogP contribution in [0.5, 0.6) is 5.75 Å². The van der Waals surface area contributed by atoms with E-state index in [1.54, 1.807) is 12.1 Å². The Morgan fingerprint density at radius 3 is 1.82 bits per heavy atom. The second-order valence-corrected chi connectivity index (χ2v) is 20.5. The predicted molar refractivity (Wildman–Crippen MR) is 268 cm³/mol. The summed E-state index contributed by atoms with van der Waals surface area (Å²) in [7, 11) is -4.18. The summed E-state index contributed by atoms with van der Waals surface area (Å²) in [5.74, 6) is 0.415. The van der Waals surface area contributed by atoms with Crippen molar-refractivity contribution in [1.82, 2.24) is 24.2 Å². The highest BCUT2D eigenvalue weighted by molar-refractivity contribution is 7.52. The Bertz CT molecular complexity index is 2650. The molecule has 6 N–H and O–H groups in total. The van der Waals surface area contributed by atoms with Crippen LogP contribution < -0.4 is 32.1 Å². The van der Waals surface area contributed by atoms with E-state index in [1.807, 2.05) is 40.3 Å². The molecule has 0 aliphatic carbocycles. The zero-order valence-electron chi connectivity index (χ0n) is 41.4. The molecule has 2 aromatic heterocycles. The highest BCUT2D eigenvalue weighted by atomic mass is 31.2. The number of nitrogens with one attached hydrogen (secondary N) is 3. The number of hydrogen-bond acceptors (Lipinski definition) is 13. The smallest absolute Gasteiger partial charge is 0.413 e. The number of ether oxygens (including phenoxy) is 2. The molecule has 1 unspecified atom stereocenters. The van der Waals surface area contributed by atoms with Crippen molar-refractivity contribution < 1.29 is 52.0 Å². The van der Waals surface area contributed by atoms with Gasteiger partial charge in [0, 0.05) is 49.3 Å². The van der Waals surface area contributed by atoms with Crippen LogP contribution in [0.25, 0.3) is 10.8 Å². The zero-order valence-corrected chi connectivity index (χ0v) is 42.3. The Morgan fingerprint density at radius 1 is 0.736 bits per heavy atom. The van der Waals surface area contributed by atoms with Crippen molar-refractivity contribution in [3.63, 3.8) is 0 Å². The Labute approximate surface area is 417 Å². The first-order valence-electron chi connectivity index (χ1n) is 25.0. The van der Waals surface area contributed by atoms with Gasteiger partial charge >= 0.3 is 19.1 Å². The summed E-state index contributed by atoms with van der Waals surface area (Å²) < 4.78 is 68.6. The standard InChI is InChI=1S/C41H59FN3O8P.C10H13FN2O5/c1-3-4-5-6-7-8-9-10-11-12-13-14-15-16-17-24-33(46)25-21-29-43-54(50,53-35-27-20-23-32-22-18-19-26-34(32)35)51-31-36-38(48)41(2,42)39(52-36)45-30-28-37(47)44-40(45)49;1-10(11)7(16)5(4-14)18-8(10)13-3-2-6(15)12-9(13)17/h10-11,18-20,22-23,26-28,30,36,38-39,48H,3-9,12-17,21,24-25,29,31H2,1-2H3,(H,43,50)(H,44,47,49);2-3,5,7-8,14,16H,4H2,1H3,(H,12,15,17)/b11-10-;/t36-,38-,39-,41-,54?;5-,7-,8-,10-/m11/s1. The van der Waals surface area contributed by atoms with Crippen LogP contribution in [0.1, 0.15) is 136 Å². The number of ketones is 1. The lowest BCUT2D eigenvalue weighted by molar-refractivity contribution is -0.119. The van der Waals surface area contributed by atoms with E-state index < -0.39 is 91.7 Å². The topological polar surface area (TPSA) is 253 Å². The van der Waals surface area contributed by atoms with E-state index in [0.717, 1.165) is 85.0 Å². The van der Waals surface area contributed by atoms with Crippen LogP contribution in [0.4, 0.5) is 8.78 Å². The second-order valence-electron chi connectivity index (χ2n) is 18.7. The predicted octanol–water partition coefficient (Wildman–Crippen LogP) is 7.37. The summed E-state index contributed by atoms with van der Waals surface area (Å²) in [6.45, 7) is 3.37. The maximum Gasteiger partial charge on any atom is 0.458 e. The van der Waals surface area contributed by atoms with E-state index in [2.05, 4.69) is 24.2 Å². The van der Waals surface area contributed by atoms with Gasteiger partial charge in [0.1, 0.15) is 35.9 Å². The number of halogens is 2. The van der Waals surface area contributed by atoms with Crippen molar-refractivity contribution >= 4 is 24.3 Å². The molecule has 2 saturated heterocycles. The normalized spacial score (nSPS) is 24.8. The molecule has 4 aromatic rings. The highest BCUT2D eigenvalue weighted by Gasteiger charge is 2.56. The van der Waals surface area contributed by atoms with Gasteiger partial charge in [-0.1, -0.05) is 107 Å². The minimum absolute atomic E-state index is 0.129. The van der Waals surface area contributed by atoms with Crippen LogP contribution in [-0.4, -0.2) is 95.7 Å². The molecule has 0 radical (unpaired) electrons. The number of alkyl halides is 2. The molecule has 0 bridgehead atoms. The average Bonchev–Trinajstić information content (AvgIpc) is 3.72. The van der Waals surface area contributed by atoms with Crippen molar-refractivity contribution in [2.24, 2.45) is 0 Å². The maximum absolute atomic E-state index is 15.8. The van der Waals surface area contributed by atoms with Crippen LogP contribution in [0.2, 0.25) is 0 Å². The van der Waals surface area contributed by atoms with Gasteiger partial charge in [-0.15, -0.1) is 0 Å². The first-order valence-corrected chi connectivity index (χ1v) is 26.6. The van der Waals surface area contributed by atoms with Gasteiger partial charge in [-0.3, -0.25) is 38.0 Å². The molecule has 9 atom stereocenters. The summed E-state index contributed by atoms with van der Waals surface area (Å²) >= 11 is 0. The lowest BCUT2D eigenvalue weighted by atomic mass is 9.98. The largest absolute Gasteiger partial charge is 0.458 e. The van der Waals surface area contributed by atoms with E-state index in [0.29, 0.717) is 24.6 Å². The molecular formula is C51H72F2N5O13P. The molecule has 18 nitrogen and oxygen atoms in total. The van der Waals surface area contributed by atoms with Gasteiger partial charge in [-0.05, 0) is 63.8 Å². The van der Waals surface area contributed by atoms with Crippen molar-refractivity contribution in [3.8, 4) is 5.75 Å².